The Kier molecular flexibility index (Phi) is 5.15. The number of aromatic nitrogens is 2. The van der Waals surface area contributed by atoms with E-state index in [1.54, 1.807) is 17.2 Å². The summed E-state index contributed by atoms with van der Waals surface area (Å²) >= 11 is 0. The summed E-state index contributed by atoms with van der Waals surface area (Å²) in [5.74, 6) is 2.99. The lowest BCUT2D eigenvalue weighted by Crippen LogP contribution is -2.33. The molecule has 2 N–H and O–H groups in total. The van der Waals surface area contributed by atoms with Crippen LogP contribution in [-0.2, 0) is 11.3 Å². The number of fused-ring (bicyclic) bond motifs is 3. The first-order chi connectivity index (χ1) is 14.4. The Hall–Kier alpha value is -3.43. The molecule has 6 nitrogen and oxygen atoms in total. The molecule has 0 spiro atoms. The van der Waals surface area contributed by atoms with Crippen molar-refractivity contribution in [2.45, 2.75) is 39.5 Å². The smallest absolute Gasteiger partial charge is 0.254 e. The Labute approximate surface area is 176 Å². The second-order valence-corrected chi connectivity index (χ2v) is 7.46. The van der Waals surface area contributed by atoms with Crippen LogP contribution in [0.3, 0.4) is 0 Å². The fourth-order valence-corrected chi connectivity index (χ4v) is 4.06. The van der Waals surface area contributed by atoms with E-state index in [1.807, 2.05) is 45.0 Å². The van der Waals surface area contributed by atoms with Gasteiger partial charge in [0.1, 0.15) is 5.82 Å². The number of carbonyl (C=O) groups excluding carboxylic acids is 1. The van der Waals surface area contributed by atoms with Crippen molar-refractivity contribution in [2.24, 2.45) is 0 Å². The number of hydrogen-bond donors (Lipinski definition) is 1. The van der Waals surface area contributed by atoms with E-state index in [9.17, 15) is 4.79 Å². The summed E-state index contributed by atoms with van der Waals surface area (Å²) in [6.45, 7) is 6.91. The largest absolute Gasteiger partial charge is 0.383 e. The molecule has 152 valence electrons. The van der Waals surface area contributed by atoms with Gasteiger partial charge in [-0.2, -0.15) is 0 Å². The number of carbonyl (C=O) groups is 1. The molecule has 1 aromatic carbocycles. The van der Waals surface area contributed by atoms with Crippen molar-refractivity contribution in [3.8, 4) is 12.3 Å². The Morgan fingerprint density at radius 3 is 2.87 bits per heavy atom. The molecule has 0 aliphatic carbocycles. The fraction of sp³-hybridized carbons (Fsp3) is 0.292. The SMILES string of the molecule is C#Cc1ccc(C(C)N(CC)C(=O)c2ccc3nc(N)c4c(c3c2)COC4C)nc1. The first kappa shape index (κ1) is 19.9. The maximum Gasteiger partial charge on any atom is 0.254 e. The molecule has 1 amide bonds. The van der Waals surface area contributed by atoms with Gasteiger partial charge in [-0.25, -0.2) is 4.98 Å². The highest BCUT2D eigenvalue weighted by atomic mass is 16.5. The van der Waals surface area contributed by atoms with Gasteiger partial charge in [0.2, 0.25) is 0 Å². The molecule has 4 rings (SSSR count). The summed E-state index contributed by atoms with van der Waals surface area (Å²) in [5, 5.41) is 0.912. The minimum absolute atomic E-state index is 0.0627. The maximum atomic E-state index is 13.4. The molecular weight excluding hydrogens is 376 g/mol. The standard InChI is InChI=1S/C24H24N4O2/c1-5-16-7-9-20(26-12-16)14(3)28(6-2)24(29)17-8-10-21-18(11-17)19-13-30-15(4)22(19)23(25)27-21/h1,7-12,14-15H,6,13H2,2-4H3,(H2,25,27). The molecule has 3 heterocycles. The van der Waals surface area contributed by atoms with Crippen LogP contribution in [0.15, 0.2) is 36.5 Å². The lowest BCUT2D eigenvalue weighted by Gasteiger charge is -2.28. The van der Waals surface area contributed by atoms with Crippen LogP contribution in [0.4, 0.5) is 5.82 Å². The first-order valence-corrected chi connectivity index (χ1v) is 10.0. The lowest BCUT2D eigenvalue weighted by atomic mass is 9.99. The molecule has 6 heteroatoms. The van der Waals surface area contributed by atoms with Crippen LogP contribution in [0.1, 0.15) is 65.7 Å². The molecule has 2 atom stereocenters. The molecule has 2 aromatic heterocycles. The van der Waals surface area contributed by atoms with Crippen LogP contribution in [0, 0.1) is 12.3 Å². The van der Waals surface area contributed by atoms with Gasteiger partial charge in [-0.05, 0) is 56.7 Å². The van der Waals surface area contributed by atoms with Gasteiger partial charge in [-0.1, -0.05) is 5.92 Å². The van der Waals surface area contributed by atoms with Crippen LogP contribution in [0.25, 0.3) is 10.9 Å². The number of amides is 1. The van der Waals surface area contributed by atoms with Gasteiger partial charge in [0.15, 0.2) is 0 Å². The van der Waals surface area contributed by atoms with Gasteiger partial charge in [0, 0.05) is 34.8 Å². The zero-order valence-corrected chi connectivity index (χ0v) is 17.3. The number of nitrogens with two attached hydrogens (primary N) is 1. The van der Waals surface area contributed by atoms with Gasteiger partial charge in [0.25, 0.3) is 5.91 Å². The topological polar surface area (TPSA) is 81.3 Å². The number of anilines is 1. The van der Waals surface area contributed by atoms with E-state index in [0.717, 1.165) is 27.7 Å². The Morgan fingerprint density at radius 2 is 2.20 bits per heavy atom. The van der Waals surface area contributed by atoms with E-state index in [4.69, 9.17) is 16.9 Å². The van der Waals surface area contributed by atoms with Crippen molar-refractivity contribution in [1.29, 1.82) is 0 Å². The molecule has 0 saturated carbocycles. The van der Waals surface area contributed by atoms with E-state index in [1.165, 1.54) is 0 Å². The summed E-state index contributed by atoms with van der Waals surface area (Å²) in [6, 6.07) is 9.06. The summed E-state index contributed by atoms with van der Waals surface area (Å²) in [6.07, 6.45) is 6.97. The quantitative estimate of drug-likeness (QED) is 0.669. The number of rotatable bonds is 4. The summed E-state index contributed by atoms with van der Waals surface area (Å²) in [7, 11) is 0. The highest BCUT2D eigenvalue weighted by molar-refractivity contribution is 5.99. The first-order valence-electron chi connectivity index (χ1n) is 10.0. The second-order valence-electron chi connectivity index (χ2n) is 7.46. The molecule has 0 radical (unpaired) electrons. The van der Waals surface area contributed by atoms with Gasteiger partial charge < -0.3 is 15.4 Å². The average molecular weight is 400 g/mol. The van der Waals surface area contributed by atoms with Gasteiger partial charge in [-0.15, -0.1) is 6.42 Å². The van der Waals surface area contributed by atoms with Crippen LogP contribution in [0.5, 0.6) is 0 Å². The zero-order valence-electron chi connectivity index (χ0n) is 17.3. The van der Waals surface area contributed by atoms with Crippen molar-refractivity contribution in [3.05, 3.63) is 64.5 Å². The Morgan fingerprint density at radius 1 is 1.40 bits per heavy atom. The number of nitrogen functional groups attached to an aromatic ring is 1. The highest BCUT2D eigenvalue weighted by Gasteiger charge is 2.27. The van der Waals surface area contributed by atoms with Crippen LogP contribution < -0.4 is 5.73 Å². The minimum Gasteiger partial charge on any atom is -0.383 e. The van der Waals surface area contributed by atoms with Gasteiger partial charge in [0.05, 0.1) is 30.0 Å². The predicted octanol–water partition coefficient (Wildman–Crippen LogP) is 4.01. The molecule has 0 bridgehead atoms. The second kappa shape index (κ2) is 7.77. The summed E-state index contributed by atoms with van der Waals surface area (Å²) < 4.78 is 5.76. The van der Waals surface area contributed by atoms with E-state index in [2.05, 4.69) is 15.9 Å². The van der Waals surface area contributed by atoms with Gasteiger partial charge >= 0.3 is 0 Å². The van der Waals surface area contributed by atoms with Crippen molar-refractivity contribution >= 4 is 22.6 Å². The summed E-state index contributed by atoms with van der Waals surface area (Å²) in [5.41, 5.74) is 11.0. The van der Waals surface area contributed by atoms with E-state index >= 15 is 0 Å². The third-order valence-corrected chi connectivity index (χ3v) is 5.74. The molecule has 1 aliphatic rings. The molecule has 0 fully saturated rings. The van der Waals surface area contributed by atoms with Crippen molar-refractivity contribution < 1.29 is 9.53 Å². The van der Waals surface area contributed by atoms with Crippen LogP contribution >= 0.6 is 0 Å². The van der Waals surface area contributed by atoms with Crippen molar-refractivity contribution in [3.63, 3.8) is 0 Å². The summed E-state index contributed by atoms with van der Waals surface area (Å²) in [4.78, 5) is 24.1. The maximum absolute atomic E-state index is 13.4. The van der Waals surface area contributed by atoms with Crippen LogP contribution in [0.2, 0.25) is 0 Å². The van der Waals surface area contributed by atoms with Crippen LogP contribution in [-0.4, -0.2) is 27.3 Å². The Balaban J connectivity index is 1.70. The minimum atomic E-state index is -0.191. The molecule has 0 saturated heterocycles. The van der Waals surface area contributed by atoms with E-state index in [-0.39, 0.29) is 18.1 Å². The Bertz CT molecular complexity index is 1160. The monoisotopic (exact) mass is 400 g/mol. The third-order valence-electron chi connectivity index (χ3n) is 5.74. The molecule has 3 aromatic rings. The molecule has 30 heavy (non-hydrogen) atoms. The number of benzene rings is 1. The lowest BCUT2D eigenvalue weighted by molar-refractivity contribution is 0.0699. The molecule has 2 unspecified atom stereocenters. The number of ether oxygens (including phenoxy) is 1. The third kappa shape index (κ3) is 3.27. The predicted molar refractivity (Wildman–Crippen MR) is 117 cm³/mol. The zero-order chi connectivity index (χ0) is 21.4. The number of hydrogen-bond acceptors (Lipinski definition) is 5. The number of nitrogens with zero attached hydrogens (tertiary/aromatic N) is 3. The molecular formula is C24H24N4O2. The normalized spacial score (nSPS) is 16.1. The fourth-order valence-electron chi connectivity index (χ4n) is 4.06. The molecule has 1 aliphatic heterocycles. The number of pyridine rings is 2. The van der Waals surface area contributed by atoms with Crippen molar-refractivity contribution in [2.75, 3.05) is 12.3 Å². The average Bonchev–Trinajstić information content (AvgIpc) is 3.16. The van der Waals surface area contributed by atoms with Crippen molar-refractivity contribution in [1.82, 2.24) is 14.9 Å². The number of terminal acetylenes is 1. The van der Waals surface area contributed by atoms with Gasteiger partial charge in [-0.3, -0.25) is 9.78 Å². The highest BCUT2D eigenvalue weighted by Crippen LogP contribution is 2.38. The van der Waals surface area contributed by atoms with E-state index in [0.29, 0.717) is 30.1 Å². The van der Waals surface area contributed by atoms with E-state index < -0.39 is 0 Å².